The summed E-state index contributed by atoms with van der Waals surface area (Å²) in [6.07, 6.45) is 0. The zero-order chi connectivity index (χ0) is 17.5. The first-order valence-corrected chi connectivity index (χ1v) is 8.65. The summed E-state index contributed by atoms with van der Waals surface area (Å²) >= 11 is 2.22. The van der Waals surface area contributed by atoms with Crippen LogP contribution in [0.15, 0.2) is 42.5 Å². The molecule has 2 amide bonds. The highest BCUT2D eigenvalue weighted by molar-refractivity contribution is 14.1. The second-order valence-corrected chi connectivity index (χ2v) is 6.36. The molecule has 2 N–H and O–H groups in total. The normalized spacial score (nSPS) is 10.1. The molecule has 0 fully saturated rings. The number of para-hydroxylation sites is 1. The maximum Gasteiger partial charge on any atom is 0.255 e. The Kier molecular flexibility index (Phi) is 6.60. The van der Waals surface area contributed by atoms with Gasteiger partial charge in [0.2, 0.25) is 5.91 Å². The molecule has 0 aliphatic carbocycles. The number of aryl methyl sites for hydroxylation is 1. The van der Waals surface area contributed by atoms with Gasteiger partial charge in [-0.15, -0.1) is 0 Å². The van der Waals surface area contributed by atoms with Crippen LogP contribution in [0.25, 0.3) is 0 Å². The lowest BCUT2D eigenvalue weighted by Crippen LogP contribution is -2.33. The van der Waals surface area contributed by atoms with E-state index in [-0.39, 0.29) is 18.4 Å². The van der Waals surface area contributed by atoms with E-state index in [4.69, 9.17) is 4.74 Å². The number of benzene rings is 2. The molecule has 5 nitrogen and oxygen atoms in total. The van der Waals surface area contributed by atoms with Crippen LogP contribution in [0.2, 0.25) is 0 Å². The Labute approximate surface area is 154 Å². The topological polar surface area (TPSA) is 67.4 Å². The fourth-order valence-electron chi connectivity index (χ4n) is 2.15. The molecule has 24 heavy (non-hydrogen) atoms. The van der Waals surface area contributed by atoms with Crippen molar-refractivity contribution in [1.29, 1.82) is 0 Å². The minimum atomic E-state index is -0.339. The van der Waals surface area contributed by atoms with E-state index in [2.05, 4.69) is 33.2 Å². The summed E-state index contributed by atoms with van der Waals surface area (Å²) in [6, 6.07) is 12.7. The van der Waals surface area contributed by atoms with Crippen LogP contribution in [0.1, 0.15) is 22.8 Å². The maximum absolute atomic E-state index is 12.2. The van der Waals surface area contributed by atoms with Gasteiger partial charge >= 0.3 is 0 Å². The summed E-state index contributed by atoms with van der Waals surface area (Å²) in [5.74, 6) is -0.110. The third-order valence-corrected chi connectivity index (χ3v) is 3.97. The van der Waals surface area contributed by atoms with Crippen molar-refractivity contribution in [3.63, 3.8) is 0 Å². The summed E-state index contributed by atoms with van der Waals surface area (Å²) in [5, 5.41) is 5.41. The summed E-state index contributed by atoms with van der Waals surface area (Å²) in [5.41, 5.74) is 2.13. The van der Waals surface area contributed by atoms with Crippen molar-refractivity contribution in [3.05, 3.63) is 57.2 Å². The van der Waals surface area contributed by atoms with Crippen molar-refractivity contribution in [2.24, 2.45) is 0 Å². The minimum Gasteiger partial charge on any atom is -0.493 e. The van der Waals surface area contributed by atoms with Gasteiger partial charge in [0.25, 0.3) is 5.91 Å². The molecule has 2 rings (SSSR count). The summed E-state index contributed by atoms with van der Waals surface area (Å²) < 4.78 is 6.53. The van der Waals surface area contributed by atoms with Crippen LogP contribution in [0, 0.1) is 10.5 Å². The second kappa shape index (κ2) is 8.68. The van der Waals surface area contributed by atoms with E-state index < -0.39 is 0 Å². The molecule has 2 aromatic rings. The van der Waals surface area contributed by atoms with Gasteiger partial charge in [0, 0.05) is 9.26 Å². The lowest BCUT2D eigenvalue weighted by atomic mass is 10.2. The molecule has 0 radical (unpaired) electrons. The number of carbonyl (C=O) groups excluding carboxylic acids is 2. The Hall–Kier alpha value is -2.09. The highest BCUT2D eigenvalue weighted by Gasteiger charge is 2.13. The molecule has 0 atom stereocenters. The molecule has 0 saturated carbocycles. The van der Waals surface area contributed by atoms with Crippen LogP contribution in [-0.2, 0) is 4.79 Å². The average Bonchev–Trinajstić information content (AvgIpc) is 2.56. The minimum absolute atomic E-state index is 0.106. The third kappa shape index (κ3) is 4.95. The molecule has 0 saturated heterocycles. The van der Waals surface area contributed by atoms with Crippen LogP contribution in [-0.4, -0.2) is 25.0 Å². The van der Waals surface area contributed by atoms with Crippen LogP contribution in [0.5, 0.6) is 5.75 Å². The number of carbonyl (C=O) groups is 2. The standard InChI is InChI=1S/C18H19IN2O3/c1-3-24-16-7-5-4-6-14(16)18(23)20-11-17(22)21-15-9-8-13(19)10-12(15)2/h4-10H,3,11H2,1-2H3,(H,20,23)(H,21,22). The molecule has 2 aromatic carbocycles. The van der Waals surface area contributed by atoms with Crippen molar-refractivity contribution in [2.75, 3.05) is 18.5 Å². The van der Waals surface area contributed by atoms with Crippen molar-refractivity contribution in [1.82, 2.24) is 5.32 Å². The summed E-state index contributed by atoms with van der Waals surface area (Å²) in [6.45, 7) is 4.14. The van der Waals surface area contributed by atoms with Gasteiger partial charge in [-0.05, 0) is 72.3 Å². The zero-order valence-electron chi connectivity index (χ0n) is 13.6. The maximum atomic E-state index is 12.2. The van der Waals surface area contributed by atoms with Crippen molar-refractivity contribution >= 4 is 40.1 Å². The predicted molar refractivity (Wildman–Crippen MR) is 102 cm³/mol. The lowest BCUT2D eigenvalue weighted by molar-refractivity contribution is -0.115. The molecule has 0 bridgehead atoms. The predicted octanol–water partition coefficient (Wildman–Crippen LogP) is 3.37. The fraction of sp³-hybridized carbons (Fsp3) is 0.222. The molecule has 0 heterocycles. The number of ether oxygens (including phenoxy) is 1. The van der Waals surface area contributed by atoms with Crippen LogP contribution in [0.3, 0.4) is 0 Å². The number of anilines is 1. The Morgan fingerprint density at radius 3 is 2.62 bits per heavy atom. The van der Waals surface area contributed by atoms with E-state index in [0.717, 1.165) is 14.8 Å². The highest BCUT2D eigenvalue weighted by Crippen LogP contribution is 2.18. The SMILES string of the molecule is CCOc1ccccc1C(=O)NCC(=O)Nc1ccc(I)cc1C. The van der Waals surface area contributed by atoms with Gasteiger partial charge in [-0.3, -0.25) is 9.59 Å². The molecular formula is C18H19IN2O3. The lowest BCUT2D eigenvalue weighted by Gasteiger charge is -2.11. The monoisotopic (exact) mass is 438 g/mol. The Bertz CT molecular complexity index is 747. The Balaban J connectivity index is 1.95. The van der Waals surface area contributed by atoms with Gasteiger partial charge < -0.3 is 15.4 Å². The van der Waals surface area contributed by atoms with Gasteiger partial charge in [0.15, 0.2) is 0 Å². The molecule has 0 aliphatic heterocycles. The van der Waals surface area contributed by atoms with E-state index in [1.807, 2.05) is 32.0 Å². The van der Waals surface area contributed by atoms with Crippen molar-refractivity contribution < 1.29 is 14.3 Å². The van der Waals surface area contributed by atoms with Gasteiger partial charge in [-0.1, -0.05) is 12.1 Å². The van der Waals surface area contributed by atoms with E-state index in [0.29, 0.717) is 17.9 Å². The number of rotatable bonds is 6. The Morgan fingerprint density at radius 2 is 1.92 bits per heavy atom. The molecule has 0 unspecified atom stereocenters. The van der Waals surface area contributed by atoms with Crippen LogP contribution >= 0.6 is 22.6 Å². The first-order chi connectivity index (χ1) is 11.5. The number of hydrogen-bond donors (Lipinski definition) is 2. The van der Waals surface area contributed by atoms with Gasteiger partial charge in [-0.2, -0.15) is 0 Å². The smallest absolute Gasteiger partial charge is 0.255 e. The summed E-state index contributed by atoms with van der Waals surface area (Å²) in [7, 11) is 0. The first kappa shape index (κ1) is 18.3. The molecule has 0 aromatic heterocycles. The van der Waals surface area contributed by atoms with E-state index in [1.165, 1.54) is 0 Å². The van der Waals surface area contributed by atoms with Crippen LogP contribution in [0.4, 0.5) is 5.69 Å². The molecule has 126 valence electrons. The van der Waals surface area contributed by atoms with Crippen molar-refractivity contribution in [3.8, 4) is 5.75 Å². The third-order valence-electron chi connectivity index (χ3n) is 3.30. The zero-order valence-corrected chi connectivity index (χ0v) is 15.7. The van der Waals surface area contributed by atoms with Gasteiger partial charge in [-0.25, -0.2) is 0 Å². The number of nitrogens with one attached hydrogen (secondary N) is 2. The van der Waals surface area contributed by atoms with Crippen molar-refractivity contribution in [2.45, 2.75) is 13.8 Å². The molecule has 0 spiro atoms. The summed E-state index contributed by atoms with van der Waals surface area (Å²) in [4.78, 5) is 24.3. The molecule has 6 heteroatoms. The second-order valence-electron chi connectivity index (χ2n) is 5.12. The largest absolute Gasteiger partial charge is 0.493 e. The number of halogens is 1. The molecular weight excluding hydrogens is 419 g/mol. The first-order valence-electron chi connectivity index (χ1n) is 7.57. The quantitative estimate of drug-likeness (QED) is 0.680. The van der Waals surface area contributed by atoms with E-state index >= 15 is 0 Å². The Morgan fingerprint density at radius 1 is 1.17 bits per heavy atom. The fourth-order valence-corrected chi connectivity index (χ4v) is 2.80. The van der Waals surface area contributed by atoms with Gasteiger partial charge in [0.1, 0.15) is 5.75 Å². The van der Waals surface area contributed by atoms with E-state index in [1.54, 1.807) is 24.3 Å². The highest BCUT2D eigenvalue weighted by atomic mass is 127. The number of amides is 2. The van der Waals surface area contributed by atoms with Crippen LogP contribution < -0.4 is 15.4 Å². The average molecular weight is 438 g/mol. The van der Waals surface area contributed by atoms with E-state index in [9.17, 15) is 9.59 Å². The molecule has 0 aliphatic rings. The number of hydrogen-bond acceptors (Lipinski definition) is 3. The van der Waals surface area contributed by atoms with Gasteiger partial charge in [0.05, 0.1) is 18.7 Å².